The molecule has 3 aromatic rings. The first-order valence-corrected chi connectivity index (χ1v) is 10.7. The Bertz CT molecular complexity index is 995. The zero-order chi connectivity index (χ0) is 19.6. The van der Waals surface area contributed by atoms with Crippen molar-refractivity contribution in [2.24, 2.45) is 0 Å². The van der Waals surface area contributed by atoms with Gasteiger partial charge in [0.05, 0.1) is 24.1 Å². The number of rotatable bonds is 4. The van der Waals surface area contributed by atoms with Crippen LogP contribution in [0.15, 0.2) is 18.2 Å². The SMILES string of the molecule is COc1cccc(-c2c3c(nc(C4CCCC4)c2-c2nnn[nH]2)CCCCC3)n1. The number of nitrogens with one attached hydrogen (secondary N) is 1. The second kappa shape index (κ2) is 7.89. The lowest BCUT2D eigenvalue weighted by molar-refractivity contribution is 0.398. The molecule has 1 fully saturated rings. The molecule has 0 aliphatic heterocycles. The largest absolute Gasteiger partial charge is 0.481 e. The molecule has 29 heavy (non-hydrogen) atoms. The molecule has 0 spiro atoms. The summed E-state index contributed by atoms with van der Waals surface area (Å²) in [6.07, 6.45) is 10.5. The molecule has 0 amide bonds. The molecule has 7 nitrogen and oxygen atoms in total. The van der Waals surface area contributed by atoms with Crippen molar-refractivity contribution in [3.8, 4) is 28.5 Å². The first-order chi connectivity index (χ1) is 14.3. The highest BCUT2D eigenvalue weighted by atomic mass is 16.5. The van der Waals surface area contributed by atoms with Crippen LogP contribution in [0.4, 0.5) is 0 Å². The Morgan fingerprint density at radius 3 is 2.62 bits per heavy atom. The highest BCUT2D eigenvalue weighted by Crippen LogP contribution is 2.44. The third-order valence-electron chi connectivity index (χ3n) is 6.26. The summed E-state index contributed by atoms with van der Waals surface area (Å²) < 4.78 is 5.43. The number of pyridine rings is 2. The number of fused-ring (bicyclic) bond motifs is 1. The lowest BCUT2D eigenvalue weighted by atomic mass is 9.88. The van der Waals surface area contributed by atoms with E-state index in [1.54, 1.807) is 7.11 Å². The van der Waals surface area contributed by atoms with Crippen molar-refractivity contribution in [2.45, 2.75) is 63.7 Å². The van der Waals surface area contributed by atoms with Crippen LogP contribution in [-0.4, -0.2) is 37.7 Å². The molecule has 1 N–H and O–H groups in total. The molecule has 0 atom stereocenters. The van der Waals surface area contributed by atoms with Gasteiger partial charge in [-0.25, -0.2) is 10.1 Å². The van der Waals surface area contributed by atoms with Crippen LogP contribution in [0, 0.1) is 0 Å². The van der Waals surface area contributed by atoms with Gasteiger partial charge in [-0.2, -0.15) is 0 Å². The number of ether oxygens (including phenoxy) is 1. The summed E-state index contributed by atoms with van der Waals surface area (Å²) >= 11 is 0. The van der Waals surface area contributed by atoms with Gasteiger partial charge in [-0.1, -0.05) is 25.3 Å². The summed E-state index contributed by atoms with van der Waals surface area (Å²) in [6, 6.07) is 5.95. The van der Waals surface area contributed by atoms with Crippen LogP contribution < -0.4 is 4.74 Å². The molecule has 3 heterocycles. The molecular formula is C22H26N6O. The highest BCUT2D eigenvalue weighted by Gasteiger charge is 2.30. The summed E-state index contributed by atoms with van der Waals surface area (Å²) in [7, 11) is 1.66. The molecule has 2 aliphatic rings. The number of aromatic nitrogens is 6. The second-order valence-electron chi connectivity index (χ2n) is 8.03. The van der Waals surface area contributed by atoms with Crippen LogP contribution in [0.2, 0.25) is 0 Å². The van der Waals surface area contributed by atoms with Gasteiger partial charge in [0.15, 0.2) is 5.82 Å². The predicted molar refractivity (Wildman–Crippen MR) is 110 cm³/mol. The molecule has 0 bridgehead atoms. The smallest absolute Gasteiger partial charge is 0.213 e. The molecule has 0 radical (unpaired) electrons. The fraction of sp³-hybridized carbons (Fsp3) is 0.500. The molecule has 7 heteroatoms. The van der Waals surface area contributed by atoms with E-state index in [2.05, 4.69) is 26.7 Å². The Kier molecular flexibility index (Phi) is 4.96. The van der Waals surface area contributed by atoms with Gasteiger partial charge in [-0.15, -0.1) is 5.10 Å². The highest BCUT2D eigenvalue weighted by molar-refractivity contribution is 5.84. The number of aromatic amines is 1. The average Bonchev–Trinajstić information content (AvgIpc) is 3.44. The number of methoxy groups -OCH3 is 1. The minimum Gasteiger partial charge on any atom is -0.481 e. The van der Waals surface area contributed by atoms with Crippen molar-refractivity contribution in [2.75, 3.05) is 7.11 Å². The Morgan fingerprint density at radius 1 is 0.966 bits per heavy atom. The van der Waals surface area contributed by atoms with E-state index in [1.165, 1.54) is 56.2 Å². The maximum atomic E-state index is 5.43. The van der Waals surface area contributed by atoms with Gasteiger partial charge in [0.25, 0.3) is 0 Å². The summed E-state index contributed by atoms with van der Waals surface area (Å²) in [5.74, 6) is 1.75. The number of tetrazole rings is 1. The quantitative estimate of drug-likeness (QED) is 0.670. The van der Waals surface area contributed by atoms with E-state index < -0.39 is 0 Å². The Morgan fingerprint density at radius 2 is 1.83 bits per heavy atom. The van der Waals surface area contributed by atoms with Gasteiger partial charge in [0.2, 0.25) is 5.88 Å². The molecule has 1 saturated carbocycles. The molecule has 2 aliphatic carbocycles. The van der Waals surface area contributed by atoms with Crippen LogP contribution in [0.25, 0.3) is 22.6 Å². The zero-order valence-electron chi connectivity index (χ0n) is 16.8. The monoisotopic (exact) mass is 390 g/mol. The van der Waals surface area contributed by atoms with E-state index in [1.807, 2.05) is 12.1 Å². The first kappa shape index (κ1) is 18.2. The number of hydrogen-bond donors (Lipinski definition) is 1. The molecule has 0 saturated heterocycles. The van der Waals surface area contributed by atoms with Crippen LogP contribution in [0.3, 0.4) is 0 Å². The van der Waals surface area contributed by atoms with Crippen LogP contribution in [0.1, 0.15) is 67.8 Å². The molecule has 0 unspecified atom stereocenters. The van der Waals surface area contributed by atoms with E-state index >= 15 is 0 Å². The maximum absolute atomic E-state index is 5.43. The second-order valence-corrected chi connectivity index (χ2v) is 8.03. The fourth-order valence-corrected chi connectivity index (χ4v) is 4.89. The normalized spacial score (nSPS) is 17.1. The lowest BCUT2D eigenvalue weighted by Gasteiger charge is -2.22. The Hall–Kier alpha value is -2.83. The van der Waals surface area contributed by atoms with E-state index in [9.17, 15) is 0 Å². The van der Waals surface area contributed by atoms with E-state index in [4.69, 9.17) is 14.7 Å². The van der Waals surface area contributed by atoms with Crippen molar-refractivity contribution in [1.82, 2.24) is 30.6 Å². The third kappa shape index (κ3) is 3.39. The summed E-state index contributed by atoms with van der Waals surface area (Å²) in [5, 5.41) is 15.1. The van der Waals surface area contributed by atoms with Crippen molar-refractivity contribution in [3.05, 3.63) is 35.2 Å². The predicted octanol–water partition coefficient (Wildman–Crippen LogP) is 4.26. The van der Waals surface area contributed by atoms with Gasteiger partial charge in [-0.3, -0.25) is 4.98 Å². The summed E-state index contributed by atoms with van der Waals surface area (Å²) in [6.45, 7) is 0. The standard InChI is InChI=1S/C22H26N6O/c1-29-18-13-7-12-17(23-18)19-15-10-3-2-4-11-16(15)24-21(14-8-5-6-9-14)20(19)22-25-27-28-26-22/h7,12-14H,2-6,8-11H2,1H3,(H,25,26,27,28). The minimum absolute atomic E-state index is 0.452. The Balaban J connectivity index is 1.82. The lowest BCUT2D eigenvalue weighted by Crippen LogP contribution is -2.10. The van der Waals surface area contributed by atoms with Crippen LogP contribution >= 0.6 is 0 Å². The average molecular weight is 390 g/mol. The van der Waals surface area contributed by atoms with Gasteiger partial charge >= 0.3 is 0 Å². The maximum Gasteiger partial charge on any atom is 0.213 e. The van der Waals surface area contributed by atoms with E-state index in [0.717, 1.165) is 35.4 Å². The zero-order valence-corrected chi connectivity index (χ0v) is 16.8. The van der Waals surface area contributed by atoms with Gasteiger partial charge in [0.1, 0.15) is 0 Å². The molecule has 3 aromatic heterocycles. The first-order valence-electron chi connectivity index (χ1n) is 10.7. The van der Waals surface area contributed by atoms with Gasteiger partial charge in [0, 0.05) is 23.2 Å². The molecule has 150 valence electrons. The number of H-pyrrole nitrogens is 1. The molecule has 5 rings (SSSR count). The number of aryl methyl sites for hydroxylation is 1. The van der Waals surface area contributed by atoms with Crippen molar-refractivity contribution < 1.29 is 4.74 Å². The fourth-order valence-electron chi connectivity index (χ4n) is 4.89. The number of nitrogens with zero attached hydrogens (tertiary/aromatic N) is 5. The van der Waals surface area contributed by atoms with Gasteiger partial charge in [-0.05, 0) is 60.6 Å². The number of hydrogen-bond acceptors (Lipinski definition) is 6. The van der Waals surface area contributed by atoms with Crippen molar-refractivity contribution in [1.29, 1.82) is 0 Å². The molecular weight excluding hydrogens is 364 g/mol. The third-order valence-corrected chi connectivity index (χ3v) is 6.26. The molecule has 0 aromatic carbocycles. The van der Waals surface area contributed by atoms with Crippen molar-refractivity contribution >= 4 is 0 Å². The van der Waals surface area contributed by atoms with Crippen LogP contribution in [0.5, 0.6) is 5.88 Å². The summed E-state index contributed by atoms with van der Waals surface area (Å²) in [4.78, 5) is 10.1. The summed E-state index contributed by atoms with van der Waals surface area (Å²) in [5.41, 5.74) is 6.76. The van der Waals surface area contributed by atoms with Crippen molar-refractivity contribution in [3.63, 3.8) is 0 Å². The Labute approximate surface area is 170 Å². The van der Waals surface area contributed by atoms with Gasteiger partial charge < -0.3 is 4.74 Å². The topological polar surface area (TPSA) is 89.5 Å². The van der Waals surface area contributed by atoms with Crippen LogP contribution in [-0.2, 0) is 12.8 Å². The minimum atomic E-state index is 0.452. The van der Waals surface area contributed by atoms with E-state index in [-0.39, 0.29) is 0 Å². The van der Waals surface area contributed by atoms with E-state index in [0.29, 0.717) is 17.6 Å².